The maximum Gasteiger partial charge on any atom is 0.0706 e. The van der Waals surface area contributed by atoms with Crippen LogP contribution in [0.25, 0.3) is 0 Å². The molecular weight excluding hydrogens is 124 g/mol. The van der Waals surface area contributed by atoms with Gasteiger partial charge >= 0.3 is 0 Å². The van der Waals surface area contributed by atoms with Crippen molar-refractivity contribution >= 4 is 10.8 Å². The molecule has 8 heavy (non-hydrogen) atoms. The van der Waals surface area contributed by atoms with Gasteiger partial charge in [0.05, 0.1) is 17.4 Å². The van der Waals surface area contributed by atoms with E-state index in [9.17, 15) is 4.21 Å². The van der Waals surface area contributed by atoms with Crippen molar-refractivity contribution in [3.05, 3.63) is 22.5 Å². The molecule has 0 amide bonds. The first-order chi connectivity index (χ1) is 3.83. The van der Waals surface area contributed by atoms with Gasteiger partial charge in [-0.25, -0.2) is 0 Å². The van der Waals surface area contributed by atoms with Crippen molar-refractivity contribution in [3.8, 4) is 0 Å². The first-order valence-corrected chi connectivity index (χ1v) is 3.49. The lowest BCUT2D eigenvalue weighted by molar-refractivity contribution is 0.335. The topological polar surface area (TPSA) is 37.3 Å². The summed E-state index contributed by atoms with van der Waals surface area (Å²) < 4.78 is 10.4. The Balaban J connectivity index is 2.72. The fourth-order valence-corrected chi connectivity index (χ4v) is 1.31. The van der Waals surface area contributed by atoms with Crippen LogP contribution in [0, 0.1) is 0 Å². The zero-order chi connectivity index (χ0) is 5.98. The van der Waals surface area contributed by atoms with Crippen LogP contribution < -0.4 is 0 Å². The third-order valence-electron chi connectivity index (χ3n) is 0.866. The second kappa shape index (κ2) is 2.24. The molecule has 0 aromatic heterocycles. The van der Waals surface area contributed by atoms with E-state index in [2.05, 4.69) is 0 Å². The zero-order valence-electron chi connectivity index (χ0n) is 4.20. The van der Waals surface area contributed by atoms with Crippen LogP contribution in [0.4, 0.5) is 0 Å². The molecule has 0 saturated carbocycles. The van der Waals surface area contributed by atoms with E-state index < -0.39 is 10.8 Å². The standard InChI is InChI=1S/C5H6O2S/c6-3-5-1-2-8(7)4-5/h1-2,4,6H,3H2. The molecule has 0 bridgehead atoms. The van der Waals surface area contributed by atoms with Crippen LogP contribution in [0.3, 0.4) is 0 Å². The Bertz CT molecular complexity index is 169. The molecule has 1 atom stereocenters. The monoisotopic (exact) mass is 130 g/mol. The molecule has 0 fully saturated rings. The molecule has 1 rings (SSSR count). The largest absolute Gasteiger partial charge is 0.392 e. The maximum absolute atomic E-state index is 10.4. The second-order valence-corrected chi connectivity index (χ2v) is 2.65. The lowest BCUT2D eigenvalue weighted by Gasteiger charge is -1.83. The van der Waals surface area contributed by atoms with Crippen LogP contribution in [-0.4, -0.2) is 15.9 Å². The molecule has 1 heterocycles. The van der Waals surface area contributed by atoms with Gasteiger partial charge in [-0.1, -0.05) is 0 Å². The minimum absolute atomic E-state index is 0.0117. The lowest BCUT2D eigenvalue weighted by atomic mass is 10.3. The summed E-state index contributed by atoms with van der Waals surface area (Å²) in [6.07, 6.45) is 1.66. The van der Waals surface area contributed by atoms with Gasteiger partial charge in [-0.3, -0.25) is 4.21 Å². The Morgan fingerprint density at radius 1 is 1.75 bits per heavy atom. The van der Waals surface area contributed by atoms with E-state index in [0.717, 1.165) is 5.57 Å². The van der Waals surface area contributed by atoms with E-state index in [-0.39, 0.29) is 6.61 Å². The van der Waals surface area contributed by atoms with Crippen molar-refractivity contribution in [2.24, 2.45) is 0 Å². The maximum atomic E-state index is 10.4. The summed E-state index contributed by atoms with van der Waals surface area (Å²) in [7, 11) is -0.955. The number of aliphatic hydroxyl groups excluding tert-OH is 1. The molecule has 1 aliphatic rings. The highest BCUT2D eigenvalue weighted by Crippen LogP contribution is 2.07. The van der Waals surface area contributed by atoms with Crippen molar-refractivity contribution in [2.45, 2.75) is 0 Å². The van der Waals surface area contributed by atoms with Crippen LogP contribution in [0.1, 0.15) is 0 Å². The fourth-order valence-electron chi connectivity index (χ4n) is 0.472. The number of hydrogen-bond donors (Lipinski definition) is 1. The molecule has 0 radical (unpaired) electrons. The summed E-state index contributed by atoms with van der Waals surface area (Å²) in [4.78, 5) is 0. The SMILES string of the molecule is O=S1C=CC(CO)=C1. The molecule has 1 unspecified atom stereocenters. The molecule has 2 nitrogen and oxygen atoms in total. The lowest BCUT2D eigenvalue weighted by Crippen LogP contribution is -1.81. The van der Waals surface area contributed by atoms with Crippen molar-refractivity contribution in [1.82, 2.24) is 0 Å². The van der Waals surface area contributed by atoms with E-state index >= 15 is 0 Å². The zero-order valence-corrected chi connectivity index (χ0v) is 5.02. The number of hydrogen-bond acceptors (Lipinski definition) is 2. The quantitative estimate of drug-likeness (QED) is 0.548. The third kappa shape index (κ3) is 1.05. The Labute approximate surface area is 50.0 Å². The Hall–Kier alpha value is -0.410. The average Bonchev–Trinajstić information content (AvgIpc) is 2.14. The predicted molar refractivity (Wildman–Crippen MR) is 32.5 cm³/mol. The first-order valence-electron chi connectivity index (χ1n) is 2.22. The van der Waals surface area contributed by atoms with Crippen LogP contribution in [0.2, 0.25) is 0 Å². The Kier molecular flexibility index (Phi) is 1.60. The van der Waals surface area contributed by atoms with E-state index in [0.29, 0.717) is 0 Å². The van der Waals surface area contributed by atoms with Gasteiger partial charge in [-0.05, 0) is 11.6 Å². The minimum atomic E-state index is -0.955. The summed E-state index contributed by atoms with van der Waals surface area (Å²) in [5.41, 5.74) is 0.739. The second-order valence-electron chi connectivity index (χ2n) is 1.48. The van der Waals surface area contributed by atoms with Crippen molar-refractivity contribution in [2.75, 3.05) is 6.61 Å². The highest BCUT2D eigenvalue weighted by Gasteiger charge is 1.99. The molecule has 0 aromatic carbocycles. The predicted octanol–water partition coefficient (Wildman–Crippen LogP) is 0.139. The molecule has 1 aliphatic heterocycles. The molecular formula is C5H6O2S. The van der Waals surface area contributed by atoms with Gasteiger partial charge in [0.25, 0.3) is 0 Å². The highest BCUT2D eigenvalue weighted by atomic mass is 32.2. The third-order valence-corrected chi connectivity index (χ3v) is 1.81. The first kappa shape index (κ1) is 5.72. The van der Waals surface area contributed by atoms with Crippen LogP contribution >= 0.6 is 0 Å². The van der Waals surface area contributed by atoms with Crippen molar-refractivity contribution < 1.29 is 9.32 Å². The number of aliphatic hydroxyl groups is 1. The molecule has 1 N–H and O–H groups in total. The fraction of sp³-hybridized carbons (Fsp3) is 0.200. The average molecular weight is 130 g/mol. The molecule has 0 spiro atoms. The van der Waals surface area contributed by atoms with Crippen LogP contribution in [0.15, 0.2) is 22.5 Å². The molecule has 0 aromatic rings. The minimum Gasteiger partial charge on any atom is -0.392 e. The summed E-state index contributed by atoms with van der Waals surface area (Å²) in [5.74, 6) is 0. The summed E-state index contributed by atoms with van der Waals surface area (Å²) in [5, 5.41) is 11.5. The van der Waals surface area contributed by atoms with Gasteiger partial charge in [0.15, 0.2) is 0 Å². The molecule has 0 aliphatic carbocycles. The van der Waals surface area contributed by atoms with E-state index in [1.165, 1.54) is 5.41 Å². The molecule has 3 heteroatoms. The van der Waals surface area contributed by atoms with Crippen molar-refractivity contribution in [3.63, 3.8) is 0 Å². The Morgan fingerprint density at radius 3 is 2.75 bits per heavy atom. The normalized spacial score (nSPS) is 26.1. The smallest absolute Gasteiger partial charge is 0.0706 e. The van der Waals surface area contributed by atoms with Gasteiger partial charge in [0.2, 0.25) is 0 Å². The van der Waals surface area contributed by atoms with Crippen LogP contribution in [-0.2, 0) is 10.8 Å². The highest BCUT2D eigenvalue weighted by molar-refractivity contribution is 7.91. The van der Waals surface area contributed by atoms with E-state index in [1.54, 1.807) is 11.5 Å². The van der Waals surface area contributed by atoms with Gasteiger partial charge in [0, 0.05) is 10.8 Å². The van der Waals surface area contributed by atoms with E-state index in [1.807, 2.05) is 0 Å². The van der Waals surface area contributed by atoms with Crippen LogP contribution in [0.5, 0.6) is 0 Å². The number of rotatable bonds is 1. The van der Waals surface area contributed by atoms with Gasteiger partial charge in [-0.2, -0.15) is 0 Å². The molecule has 44 valence electrons. The summed E-state index contributed by atoms with van der Waals surface area (Å²) in [6, 6.07) is 0. The van der Waals surface area contributed by atoms with Gasteiger partial charge in [0.1, 0.15) is 0 Å². The van der Waals surface area contributed by atoms with E-state index in [4.69, 9.17) is 5.11 Å². The van der Waals surface area contributed by atoms with Gasteiger partial charge in [-0.15, -0.1) is 0 Å². The molecule has 0 saturated heterocycles. The summed E-state index contributed by atoms with van der Waals surface area (Å²) >= 11 is 0. The summed E-state index contributed by atoms with van der Waals surface area (Å²) in [6.45, 7) is -0.0117. The Morgan fingerprint density at radius 2 is 2.50 bits per heavy atom. The van der Waals surface area contributed by atoms with Crippen molar-refractivity contribution in [1.29, 1.82) is 0 Å². The van der Waals surface area contributed by atoms with Gasteiger partial charge < -0.3 is 5.11 Å².